The van der Waals surface area contributed by atoms with Crippen molar-refractivity contribution < 1.29 is 9.43 Å². The summed E-state index contributed by atoms with van der Waals surface area (Å²) < 4.78 is 5.11. The minimum atomic E-state index is -1.70. The van der Waals surface area contributed by atoms with Crippen LogP contribution in [0.3, 0.4) is 0 Å². The van der Waals surface area contributed by atoms with Crippen molar-refractivity contribution in [1.82, 2.24) is 0 Å². The Morgan fingerprint density at radius 1 is 1.36 bits per heavy atom. The molecule has 0 spiro atoms. The van der Waals surface area contributed by atoms with Gasteiger partial charge in [-0.05, 0) is 0 Å². The molecule has 0 N–H and O–H groups in total. The van der Waals surface area contributed by atoms with Crippen molar-refractivity contribution >= 4 is 14.5 Å². The second kappa shape index (κ2) is 3.76. The minimum Gasteiger partial charge on any atom is -0.444 e. The summed E-state index contributed by atoms with van der Waals surface area (Å²) in [5, 5.41) is 10.9. The Kier molecular flexibility index (Phi) is 3.58. The van der Waals surface area contributed by atoms with Crippen LogP contribution in [0.1, 0.15) is 13.8 Å². The highest BCUT2D eigenvalue weighted by molar-refractivity contribution is 6.69. The van der Waals surface area contributed by atoms with E-state index in [1.807, 2.05) is 33.5 Å². The van der Waals surface area contributed by atoms with E-state index in [1.165, 1.54) is 6.21 Å². The molecule has 0 aromatic heterocycles. The second-order valence-electron chi connectivity index (χ2n) is 3.88. The second-order valence-corrected chi connectivity index (χ2v) is 8.29. The summed E-state index contributed by atoms with van der Waals surface area (Å²) in [6.07, 6.45) is 1.53. The van der Waals surface area contributed by atoms with Gasteiger partial charge in [-0.3, -0.25) is 5.21 Å². The van der Waals surface area contributed by atoms with Gasteiger partial charge in [-0.1, -0.05) is 33.5 Å². The van der Waals surface area contributed by atoms with E-state index in [2.05, 4.69) is 0 Å². The molecular weight excluding hydrogens is 158 g/mol. The average Bonchev–Trinajstić information content (AvgIpc) is 1.53. The fraction of sp³-hybridized carbons (Fsp3) is 0.857. The van der Waals surface area contributed by atoms with Crippen LogP contribution in [0.4, 0.5) is 0 Å². The first-order chi connectivity index (χ1) is 4.81. The van der Waals surface area contributed by atoms with Gasteiger partial charge < -0.3 is 4.53 Å². The van der Waals surface area contributed by atoms with E-state index < -0.39 is 8.32 Å². The molecule has 3 nitrogen and oxygen atoms in total. The van der Waals surface area contributed by atoms with Crippen molar-refractivity contribution in [3.8, 4) is 0 Å². The Labute approximate surface area is 69.4 Å². The highest BCUT2D eigenvalue weighted by atomic mass is 28.4. The first-order valence-electron chi connectivity index (χ1n) is 3.82. The summed E-state index contributed by atoms with van der Waals surface area (Å²) in [6.45, 7) is 9.82. The summed E-state index contributed by atoms with van der Waals surface area (Å²) in [5.74, 6) is 0.240. The van der Waals surface area contributed by atoms with E-state index in [1.54, 1.807) is 0 Å². The lowest BCUT2D eigenvalue weighted by Crippen LogP contribution is -2.30. The third kappa shape index (κ3) is 7.38. The van der Waals surface area contributed by atoms with Crippen LogP contribution in [0, 0.1) is 11.1 Å². The largest absolute Gasteiger partial charge is 0.444 e. The van der Waals surface area contributed by atoms with Gasteiger partial charge in [0.1, 0.15) is 0 Å². The molecule has 0 aliphatic carbocycles. The zero-order valence-corrected chi connectivity index (χ0v) is 8.92. The smallest absolute Gasteiger partial charge is 0.211 e. The number of hydrogen-bond donors (Lipinski definition) is 0. The third-order valence-electron chi connectivity index (χ3n) is 0.784. The molecule has 0 radical (unpaired) electrons. The predicted octanol–water partition coefficient (Wildman–Crippen LogP) is 1.99. The molecule has 0 aliphatic heterocycles. The monoisotopic (exact) mass is 175 g/mol. The Morgan fingerprint density at radius 3 is 2.09 bits per heavy atom. The van der Waals surface area contributed by atoms with E-state index >= 15 is 0 Å². The first kappa shape index (κ1) is 10.5. The highest BCUT2D eigenvalue weighted by Gasteiger charge is 2.14. The number of rotatable bonds is 3. The van der Waals surface area contributed by atoms with Crippen molar-refractivity contribution in [2.24, 2.45) is 5.92 Å². The fourth-order valence-corrected chi connectivity index (χ4v) is 1.14. The van der Waals surface area contributed by atoms with Crippen LogP contribution in [-0.2, 0) is 4.53 Å². The maximum atomic E-state index is 10.9. The lowest BCUT2D eigenvalue weighted by molar-refractivity contribution is -0.701. The van der Waals surface area contributed by atoms with Gasteiger partial charge in [0, 0.05) is 10.8 Å². The Morgan fingerprint density at radius 2 is 1.82 bits per heavy atom. The van der Waals surface area contributed by atoms with Crippen LogP contribution >= 0.6 is 0 Å². The van der Waals surface area contributed by atoms with Crippen molar-refractivity contribution in [3.05, 3.63) is 5.21 Å². The molecule has 0 rings (SSSR count). The van der Waals surface area contributed by atoms with Crippen LogP contribution in [0.25, 0.3) is 0 Å². The van der Waals surface area contributed by atoms with Crippen LogP contribution in [0.2, 0.25) is 19.6 Å². The Hall–Kier alpha value is -0.513. The van der Waals surface area contributed by atoms with E-state index in [9.17, 15) is 5.21 Å². The van der Waals surface area contributed by atoms with Crippen molar-refractivity contribution in [3.63, 3.8) is 0 Å². The van der Waals surface area contributed by atoms with Gasteiger partial charge >= 0.3 is 0 Å². The molecule has 0 bridgehead atoms. The summed E-state index contributed by atoms with van der Waals surface area (Å²) in [7, 11) is -1.70. The Balaban J connectivity index is 3.97. The van der Waals surface area contributed by atoms with Crippen LogP contribution in [0.5, 0.6) is 0 Å². The van der Waals surface area contributed by atoms with Gasteiger partial charge in [0.15, 0.2) is 8.32 Å². The standard InChI is InChI=1S/C7H17NO2Si/c1-7(2)6-8(9)10-11(3,4)5/h6-7H,1-5H3/b8-6+. The summed E-state index contributed by atoms with van der Waals surface area (Å²) in [5.41, 5.74) is 0. The van der Waals surface area contributed by atoms with Crippen LogP contribution < -0.4 is 0 Å². The zero-order chi connectivity index (χ0) is 9.07. The lowest BCUT2D eigenvalue weighted by Gasteiger charge is -2.19. The topological polar surface area (TPSA) is 35.3 Å². The summed E-state index contributed by atoms with van der Waals surface area (Å²) >= 11 is 0. The van der Waals surface area contributed by atoms with E-state index in [-0.39, 0.29) is 5.92 Å². The molecule has 66 valence electrons. The molecular formula is C7H17NO2Si. The van der Waals surface area contributed by atoms with Gasteiger partial charge in [-0.2, -0.15) is 0 Å². The average molecular weight is 175 g/mol. The predicted molar refractivity (Wildman–Crippen MR) is 49.0 cm³/mol. The van der Waals surface area contributed by atoms with Gasteiger partial charge in [0.05, 0.1) is 0 Å². The van der Waals surface area contributed by atoms with Crippen molar-refractivity contribution in [2.45, 2.75) is 33.5 Å². The van der Waals surface area contributed by atoms with Gasteiger partial charge in [0.2, 0.25) is 6.21 Å². The summed E-state index contributed by atoms with van der Waals surface area (Å²) in [6, 6.07) is 0. The summed E-state index contributed by atoms with van der Waals surface area (Å²) in [4.78, 5) is 0.594. The molecule has 0 saturated carbocycles. The van der Waals surface area contributed by atoms with Crippen molar-refractivity contribution in [2.75, 3.05) is 0 Å². The van der Waals surface area contributed by atoms with Gasteiger partial charge in [-0.25, -0.2) is 0 Å². The quantitative estimate of drug-likeness (QED) is 0.284. The third-order valence-corrected chi connectivity index (χ3v) is 1.51. The van der Waals surface area contributed by atoms with Gasteiger partial charge in [-0.15, -0.1) is 0 Å². The number of hydrogen-bond acceptors (Lipinski definition) is 2. The number of nitrogens with zero attached hydrogens (tertiary/aromatic N) is 1. The SMILES string of the molecule is CC(C)/C=[N+](\[O-])O[Si](C)(C)C. The molecule has 0 atom stereocenters. The first-order valence-corrected chi connectivity index (χ1v) is 7.22. The molecule has 0 amide bonds. The van der Waals surface area contributed by atoms with Crippen LogP contribution in [0.15, 0.2) is 0 Å². The Bertz CT molecular complexity index is 149. The van der Waals surface area contributed by atoms with Crippen LogP contribution in [-0.4, -0.2) is 19.4 Å². The lowest BCUT2D eigenvalue weighted by atomic mass is 10.3. The van der Waals surface area contributed by atoms with E-state index in [0.717, 1.165) is 0 Å². The molecule has 0 saturated heterocycles. The molecule has 0 heterocycles. The fourth-order valence-electron chi connectivity index (χ4n) is 0.544. The van der Waals surface area contributed by atoms with E-state index in [0.29, 0.717) is 4.90 Å². The normalized spacial score (nSPS) is 13.8. The maximum Gasteiger partial charge on any atom is 0.211 e. The molecule has 0 fully saturated rings. The minimum absolute atomic E-state index is 0.240. The maximum absolute atomic E-state index is 10.9. The molecule has 0 aromatic carbocycles. The zero-order valence-electron chi connectivity index (χ0n) is 7.92. The van der Waals surface area contributed by atoms with E-state index in [4.69, 9.17) is 4.53 Å². The highest BCUT2D eigenvalue weighted by Crippen LogP contribution is 2.02. The molecule has 0 aliphatic rings. The molecule has 0 unspecified atom stereocenters. The molecule has 4 heteroatoms. The van der Waals surface area contributed by atoms with Gasteiger partial charge in [0.25, 0.3) is 0 Å². The molecule has 0 aromatic rings. The molecule has 11 heavy (non-hydrogen) atoms. The van der Waals surface area contributed by atoms with Crippen molar-refractivity contribution in [1.29, 1.82) is 0 Å².